The summed E-state index contributed by atoms with van der Waals surface area (Å²) in [6.45, 7) is 6.04. The summed E-state index contributed by atoms with van der Waals surface area (Å²) in [6, 6.07) is 6.65. The third-order valence-corrected chi connectivity index (χ3v) is 3.65. The van der Waals surface area contributed by atoms with Crippen LogP contribution >= 0.6 is 0 Å². The number of piperazine rings is 1. The van der Waals surface area contributed by atoms with Crippen molar-refractivity contribution in [3.63, 3.8) is 0 Å². The highest BCUT2D eigenvalue weighted by molar-refractivity contribution is 5.58. The van der Waals surface area contributed by atoms with E-state index in [1.54, 1.807) is 7.11 Å². The molecule has 1 saturated heterocycles. The quantitative estimate of drug-likeness (QED) is 0.876. The van der Waals surface area contributed by atoms with E-state index in [1.807, 2.05) is 6.07 Å². The Kier molecular flexibility index (Phi) is 4.09. The van der Waals surface area contributed by atoms with Crippen LogP contribution in [0, 0.1) is 0 Å². The van der Waals surface area contributed by atoms with Gasteiger partial charge in [-0.25, -0.2) is 0 Å². The van der Waals surface area contributed by atoms with E-state index in [2.05, 4.69) is 35.9 Å². The minimum atomic E-state index is 0.501. The third-order valence-electron chi connectivity index (χ3n) is 3.65. The van der Waals surface area contributed by atoms with Gasteiger partial charge in [-0.1, -0.05) is 6.07 Å². The molecule has 1 aromatic rings. The van der Waals surface area contributed by atoms with Crippen LogP contribution in [0.1, 0.15) is 12.5 Å². The molecule has 18 heavy (non-hydrogen) atoms. The molecule has 2 N–H and O–H groups in total. The minimum absolute atomic E-state index is 0.501. The van der Waals surface area contributed by atoms with Crippen LogP contribution in [0.3, 0.4) is 0 Å². The second kappa shape index (κ2) is 5.59. The molecule has 0 aliphatic carbocycles. The summed E-state index contributed by atoms with van der Waals surface area (Å²) in [7, 11) is 3.87. The first-order chi connectivity index (χ1) is 8.65. The van der Waals surface area contributed by atoms with Crippen LogP contribution in [0.4, 0.5) is 5.69 Å². The van der Waals surface area contributed by atoms with Crippen LogP contribution in [0.15, 0.2) is 18.2 Å². The molecule has 4 nitrogen and oxygen atoms in total. The van der Waals surface area contributed by atoms with Crippen molar-refractivity contribution in [1.29, 1.82) is 0 Å². The van der Waals surface area contributed by atoms with Crippen molar-refractivity contribution in [2.24, 2.45) is 5.73 Å². The van der Waals surface area contributed by atoms with Crippen molar-refractivity contribution < 1.29 is 4.74 Å². The van der Waals surface area contributed by atoms with E-state index in [9.17, 15) is 0 Å². The Labute approximate surface area is 109 Å². The Morgan fingerprint density at radius 3 is 2.78 bits per heavy atom. The fourth-order valence-corrected chi connectivity index (χ4v) is 2.61. The number of ether oxygens (including phenoxy) is 1. The van der Waals surface area contributed by atoms with Gasteiger partial charge < -0.3 is 20.3 Å². The van der Waals surface area contributed by atoms with E-state index in [4.69, 9.17) is 10.5 Å². The molecule has 0 bridgehead atoms. The summed E-state index contributed by atoms with van der Waals surface area (Å²) in [6.07, 6.45) is 0. The first kappa shape index (κ1) is 13.2. The monoisotopic (exact) mass is 249 g/mol. The molecule has 1 aliphatic rings. The zero-order valence-electron chi connectivity index (χ0n) is 11.5. The van der Waals surface area contributed by atoms with Gasteiger partial charge in [0.05, 0.1) is 7.11 Å². The minimum Gasteiger partial charge on any atom is -0.497 e. The number of likely N-dealkylation sites (N-methyl/N-ethyl adjacent to an activating group) is 1. The van der Waals surface area contributed by atoms with Crippen LogP contribution < -0.4 is 15.4 Å². The molecule has 0 aromatic heterocycles. The lowest BCUT2D eigenvalue weighted by Gasteiger charge is -2.40. The standard InChI is InChI=1S/C14H23N3O/c1-11-10-16(2)6-7-17(11)14-8-13(18-3)5-4-12(14)9-15/h4-5,8,11H,6-7,9-10,15H2,1-3H3. The van der Waals surface area contributed by atoms with Gasteiger partial charge in [-0.15, -0.1) is 0 Å². The maximum Gasteiger partial charge on any atom is 0.120 e. The van der Waals surface area contributed by atoms with Gasteiger partial charge in [-0.3, -0.25) is 0 Å². The third kappa shape index (κ3) is 2.60. The van der Waals surface area contributed by atoms with Gasteiger partial charge in [-0.2, -0.15) is 0 Å². The number of rotatable bonds is 3. The molecule has 1 unspecified atom stereocenters. The number of methoxy groups -OCH3 is 1. The lowest BCUT2D eigenvalue weighted by atomic mass is 10.1. The van der Waals surface area contributed by atoms with Crippen molar-refractivity contribution in [2.75, 3.05) is 38.7 Å². The highest BCUT2D eigenvalue weighted by atomic mass is 16.5. The van der Waals surface area contributed by atoms with E-state index in [1.165, 1.54) is 11.3 Å². The summed E-state index contributed by atoms with van der Waals surface area (Å²) >= 11 is 0. The van der Waals surface area contributed by atoms with Gasteiger partial charge in [0.15, 0.2) is 0 Å². The zero-order valence-corrected chi connectivity index (χ0v) is 11.5. The highest BCUT2D eigenvalue weighted by Gasteiger charge is 2.23. The Hall–Kier alpha value is -1.26. The summed E-state index contributed by atoms with van der Waals surface area (Å²) in [4.78, 5) is 4.80. The van der Waals surface area contributed by atoms with Crippen LogP contribution in [-0.4, -0.2) is 44.7 Å². The average Bonchev–Trinajstić information content (AvgIpc) is 2.38. The van der Waals surface area contributed by atoms with Crippen molar-refractivity contribution in [3.8, 4) is 5.75 Å². The molecule has 0 saturated carbocycles. The van der Waals surface area contributed by atoms with E-state index in [-0.39, 0.29) is 0 Å². The maximum absolute atomic E-state index is 5.84. The predicted octanol–water partition coefficient (Wildman–Crippen LogP) is 1.29. The molecule has 1 heterocycles. The summed E-state index contributed by atoms with van der Waals surface area (Å²) in [5.74, 6) is 0.897. The molecule has 1 aliphatic heterocycles. The molecular weight excluding hydrogens is 226 g/mol. The van der Waals surface area contributed by atoms with E-state index in [0.29, 0.717) is 12.6 Å². The van der Waals surface area contributed by atoms with Gasteiger partial charge in [0.25, 0.3) is 0 Å². The Bertz CT molecular complexity index is 408. The molecule has 0 amide bonds. The Morgan fingerprint density at radius 2 is 2.17 bits per heavy atom. The Morgan fingerprint density at radius 1 is 1.39 bits per heavy atom. The molecular formula is C14H23N3O. The Balaban J connectivity index is 2.30. The summed E-state index contributed by atoms with van der Waals surface area (Å²) in [5.41, 5.74) is 8.25. The molecule has 1 atom stereocenters. The van der Waals surface area contributed by atoms with Crippen molar-refractivity contribution in [3.05, 3.63) is 23.8 Å². The van der Waals surface area contributed by atoms with Gasteiger partial charge in [-0.05, 0) is 25.6 Å². The lowest BCUT2D eigenvalue weighted by molar-refractivity contribution is 0.275. The van der Waals surface area contributed by atoms with Crippen LogP contribution in [0.25, 0.3) is 0 Å². The maximum atomic E-state index is 5.84. The topological polar surface area (TPSA) is 41.7 Å². The second-order valence-corrected chi connectivity index (χ2v) is 5.00. The average molecular weight is 249 g/mol. The molecule has 2 rings (SSSR count). The number of nitrogens with two attached hydrogens (primary N) is 1. The van der Waals surface area contributed by atoms with E-state index < -0.39 is 0 Å². The van der Waals surface area contributed by atoms with Crippen LogP contribution in [0.5, 0.6) is 5.75 Å². The summed E-state index contributed by atoms with van der Waals surface area (Å²) < 4.78 is 5.32. The normalized spacial score (nSPS) is 21.1. The van der Waals surface area contributed by atoms with Crippen molar-refractivity contribution in [1.82, 2.24) is 4.90 Å². The number of nitrogens with zero attached hydrogens (tertiary/aromatic N) is 2. The number of anilines is 1. The zero-order chi connectivity index (χ0) is 13.1. The molecule has 4 heteroatoms. The SMILES string of the molecule is COc1ccc(CN)c(N2CCN(C)CC2C)c1. The van der Waals surface area contributed by atoms with Gasteiger partial charge >= 0.3 is 0 Å². The number of hydrogen-bond donors (Lipinski definition) is 1. The molecule has 100 valence electrons. The molecule has 0 radical (unpaired) electrons. The van der Waals surface area contributed by atoms with Crippen LogP contribution in [-0.2, 0) is 6.54 Å². The van der Waals surface area contributed by atoms with Crippen molar-refractivity contribution >= 4 is 5.69 Å². The number of benzene rings is 1. The molecule has 1 aromatic carbocycles. The largest absolute Gasteiger partial charge is 0.497 e. The smallest absolute Gasteiger partial charge is 0.120 e. The van der Waals surface area contributed by atoms with Gasteiger partial charge in [0, 0.05) is 44.0 Å². The second-order valence-electron chi connectivity index (χ2n) is 5.00. The first-order valence-corrected chi connectivity index (χ1v) is 6.48. The van der Waals surface area contributed by atoms with Gasteiger partial charge in [0.2, 0.25) is 0 Å². The van der Waals surface area contributed by atoms with E-state index in [0.717, 1.165) is 25.4 Å². The van der Waals surface area contributed by atoms with E-state index >= 15 is 0 Å². The fraction of sp³-hybridized carbons (Fsp3) is 0.571. The predicted molar refractivity (Wildman–Crippen MR) is 75.2 cm³/mol. The molecule has 1 fully saturated rings. The highest BCUT2D eigenvalue weighted by Crippen LogP contribution is 2.28. The lowest BCUT2D eigenvalue weighted by Crippen LogP contribution is -2.50. The van der Waals surface area contributed by atoms with Gasteiger partial charge in [0.1, 0.15) is 5.75 Å². The molecule has 0 spiro atoms. The summed E-state index contributed by atoms with van der Waals surface area (Å²) in [5, 5.41) is 0. The van der Waals surface area contributed by atoms with Crippen molar-refractivity contribution in [2.45, 2.75) is 19.5 Å². The fourth-order valence-electron chi connectivity index (χ4n) is 2.61. The first-order valence-electron chi connectivity index (χ1n) is 6.48. The van der Waals surface area contributed by atoms with Crippen LogP contribution in [0.2, 0.25) is 0 Å². The number of hydrogen-bond acceptors (Lipinski definition) is 4.